The van der Waals surface area contributed by atoms with Gasteiger partial charge in [-0.15, -0.1) is 32.3 Å². The van der Waals surface area contributed by atoms with Crippen LogP contribution in [0.15, 0.2) is 119 Å². The number of alkyl halides is 2. The molecule has 3 heterocycles. The fourth-order valence-corrected chi connectivity index (χ4v) is 20.5. The third kappa shape index (κ3) is 27.6. The Hall–Kier alpha value is -2.70. The molecule has 2 unspecified atom stereocenters. The van der Waals surface area contributed by atoms with E-state index in [0.717, 1.165) is 82.7 Å². The van der Waals surface area contributed by atoms with E-state index in [2.05, 4.69) is 65.1 Å². The average Bonchev–Trinajstić information content (AvgIpc) is 0.797. The van der Waals surface area contributed by atoms with Crippen LogP contribution in [0.1, 0.15) is 139 Å². The summed E-state index contributed by atoms with van der Waals surface area (Å²) >= 11 is 14.9. The van der Waals surface area contributed by atoms with Gasteiger partial charge in [0.25, 0.3) is 20.4 Å². The number of aliphatic hydroxyl groups excluding tert-OH is 1. The molecule has 29 heteroatoms. The molecule has 0 radical (unpaired) electrons. The number of aliphatic hydroxyl groups is 1. The first-order chi connectivity index (χ1) is 47.4. The number of hydrogen-bond acceptors (Lipinski definition) is 15. The summed E-state index contributed by atoms with van der Waals surface area (Å²) < 4.78 is 124. The SMILES string of the molecule is CN(C)c1ccc(S(=O)(=O)N2CCCN(CC3CCCCC3)CCCN(S(=O)(=O)N3CCC(c4ccccc4)CC3)CC(O)C2)cc1.CN(C)c1ccc(S(=O)(=O)NCCCN(CCCNS(=O)(=O)N2CCC(c3ccccc3)CC2)CC2CCCCC2)cc1.PB(S)OC(CCl)CCl. The number of nitrogens with one attached hydrogen (secondary N) is 2. The summed E-state index contributed by atoms with van der Waals surface area (Å²) in [7, 11) is -4.81. The van der Waals surface area contributed by atoms with Gasteiger partial charge in [0.2, 0.25) is 20.0 Å². The van der Waals surface area contributed by atoms with Crippen molar-refractivity contribution in [2.24, 2.45) is 11.8 Å². The van der Waals surface area contributed by atoms with E-state index < -0.39 is 46.6 Å². The van der Waals surface area contributed by atoms with Crippen molar-refractivity contribution in [2.75, 3.05) is 154 Å². The molecule has 4 aromatic rings. The number of nitrogens with zero attached hydrogens (tertiary/aromatic N) is 8. The number of hydrogen-bond donors (Lipinski definition) is 4. The van der Waals surface area contributed by atoms with Gasteiger partial charge in [-0.2, -0.15) is 46.5 Å². The Labute approximate surface area is 614 Å². The fourth-order valence-electron chi connectivity index (χ4n) is 14.1. The van der Waals surface area contributed by atoms with Crippen LogP contribution in [0.5, 0.6) is 0 Å². The lowest BCUT2D eigenvalue weighted by Gasteiger charge is -2.37. The maximum atomic E-state index is 14.1. The molecule has 3 N–H and O–H groups in total. The predicted octanol–water partition coefficient (Wildman–Crippen LogP) is 10.3. The Balaban J connectivity index is 0.000000248. The maximum absolute atomic E-state index is 14.1. The van der Waals surface area contributed by atoms with E-state index in [4.69, 9.17) is 27.9 Å². The lowest BCUT2D eigenvalue weighted by molar-refractivity contribution is 0.110. The minimum atomic E-state index is -3.92. The molecule has 5 fully saturated rings. The standard InChI is InChI=1S/C35H55N5O5S2.C32H51N5O4S2.C3H8BCl2OPS/c1-36(2)33-15-17-35(18-16-33)46(42,43)39-23-9-21-37(27-30-11-5-3-6-12-30)22-10-24-40(29-34(41)28-39)47(44,45)38-25-19-32(20-26-38)31-13-7-4-8-14-31;1-35(2)31-15-17-32(18-16-31)42(38,39)33-21-9-23-36(27-28-11-5-3-6-12-28)24-10-22-34-43(40,41)37-25-19-30(20-26-37)29-13-7-4-8-14-29;5-1-3(2-6)7-4(8)9/h4,7-8,13-18,30,32,34,41H,3,5-6,9-12,19-29H2,1-2H3;4,7-8,13-18,28,30,33-34H,3,5-6,9-12,19-27H2,1-2H3;3,9H,1-2,8H2. The number of β-amino-alcohol motifs (C(OH)–C–C–N with tert-alkyl or cyclic N) is 1. The first-order valence-corrected chi connectivity index (χ1v) is 43.9. The number of piperidine rings is 2. The van der Waals surface area contributed by atoms with E-state index in [1.165, 1.54) is 83.9 Å². The Kier molecular flexibility index (Phi) is 35.8. The zero-order valence-electron chi connectivity index (χ0n) is 59.0. The molecule has 0 amide bonds. The number of benzene rings is 4. The summed E-state index contributed by atoms with van der Waals surface area (Å²) in [5, 5.41) is 11.3. The van der Waals surface area contributed by atoms with E-state index in [9.17, 15) is 38.8 Å². The van der Waals surface area contributed by atoms with Gasteiger partial charge in [-0.3, -0.25) is 0 Å². The van der Waals surface area contributed by atoms with Crippen molar-refractivity contribution >= 4 is 103 Å². The zero-order chi connectivity index (χ0) is 71.4. The van der Waals surface area contributed by atoms with Crippen LogP contribution in [0.2, 0.25) is 0 Å². The fraction of sp³-hybridized carbons (Fsp3) is 0.657. The summed E-state index contributed by atoms with van der Waals surface area (Å²) in [6, 6.07) is 34.3. The van der Waals surface area contributed by atoms with Crippen molar-refractivity contribution in [3.63, 3.8) is 0 Å². The second-order valence-electron chi connectivity index (χ2n) is 27.6. The van der Waals surface area contributed by atoms with Crippen LogP contribution in [-0.2, 0) is 45.1 Å². The molecule has 20 nitrogen and oxygen atoms in total. The lowest BCUT2D eigenvalue weighted by atomic mass is 9.89. The first kappa shape index (κ1) is 83.6. The highest BCUT2D eigenvalue weighted by Gasteiger charge is 2.37. The van der Waals surface area contributed by atoms with E-state index in [0.29, 0.717) is 94.0 Å². The summed E-state index contributed by atoms with van der Waals surface area (Å²) in [5.41, 5.74) is 4.37. The van der Waals surface area contributed by atoms with Gasteiger partial charge in [0.1, 0.15) is 0 Å². The zero-order valence-corrected chi connectivity index (χ0v) is 65.8. The van der Waals surface area contributed by atoms with Crippen molar-refractivity contribution in [1.29, 1.82) is 0 Å². The molecule has 556 valence electrons. The number of anilines is 2. The van der Waals surface area contributed by atoms with Crippen molar-refractivity contribution < 1.29 is 43.4 Å². The second kappa shape index (κ2) is 42.4. The van der Waals surface area contributed by atoms with Gasteiger partial charge in [0.05, 0.1) is 22.0 Å². The van der Waals surface area contributed by atoms with Crippen molar-refractivity contribution in [3.8, 4) is 0 Å². The van der Waals surface area contributed by atoms with Crippen LogP contribution >= 0.6 is 44.8 Å². The van der Waals surface area contributed by atoms with Gasteiger partial charge in [-0.1, -0.05) is 99.2 Å². The highest BCUT2D eigenvalue weighted by atomic mass is 35.5. The van der Waals surface area contributed by atoms with E-state index in [1.54, 1.807) is 57.1 Å². The molecular formula is C70H114BCl2N10O10PS5. The molecule has 0 aromatic heterocycles. The molecule has 3 saturated heterocycles. The Bertz CT molecular complexity index is 3400. The molecule has 99 heavy (non-hydrogen) atoms. The molecule has 0 spiro atoms. The van der Waals surface area contributed by atoms with Crippen LogP contribution in [-0.4, -0.2) is 229 Å². The van der Waals surface area contributed by atoms with Crippen LogP contribution in [0.3, 0.4) is 0 Å². The van der Waals surface area contributed by atoms with E-state index in [-0.39, 0.29) is 48.0 Å². The lowest BCUT2D eigenvalue weighted by Crippen LogP contribution is -2.51. The molecular weight excluding hydrogens is 1410 g/mol. The minimum absolute atomic E-state index is 0.0895. The monoisotopic (exact) mass is 1530 g/mol. The van der Waals surface area contributed by atoms with Crippen LogP contribution in [0.25, 0.3) is 0 Å². The normalized spacial score (nSPS) is 19.9. The van der Waals surface area contributed by atoms with Crippen LogP contribution in [0, 0.1) is 11.8 Å². The smallest absolute Gasteiger partial charge is 0.380 e. The Morgan fingerprint density at radius 2 is 0.990 bits per heavy atom. The van der Waals surface area contributed by atoms with E-state index in [1.807, 2.05) is 74.4 Å². The topological polar surface area (TPSA) is 216 Å². The highest BCUT2D eigenvalue weighted by Crippen LogP contribution is 2.33. The third-order valence-electron chi connectivity index (χ3n) is 19.7. The van der Waals surface area contributed by atoms with Crippen molar-refractivity contribution in [3.05, 3.63) is 120 Å². The summed E-state index contributed by atoms with van der Waals surface area (Å²) in [5.74, 6) is 2.66. The summed E-state index contributed by atoms with van der Waals surface area (Å²) in [4.78, 5) is 9.11. The summed E-state index contributed by atoms with van der Waals surface area (Å²) in [6.45, 7) is 7.92. The molecule has 5 aliphatic rings. The van der Waals surface area contributed by atoms with Gasteiger partial charge in [-0.05, 0) is 187 Å². The first-order valence-electron chi connectivity index (χ1n) is 35.9. The molecule has 0 bridgehead atoms. The van der Waals surface area contributed by atoms with Crippen LogP contribution < -0.4 is 19.2 Å². The molecule has 2 atom stereocenters. The minimum Gasteiger partial charge on any atom is -0.417 e. The van der Waals surface area contributed by atoms with Gasteiger partial charge in [-0.25, -0.2) is 26.3 Å². The quantitative estimate of drug-likeness (QED) is 0.0137. The molecule has 4 aromatic carbocycles. The molecule has 2 aliphatic carbocycles. The molecule has 2 saturated carbocycles. The number of halogens is 2. The number of thiol groups is 1. The maximum Gasteiger partial charge on any atom is 0.380 e. The average molecular weight is 1530 g/mol. The van der Waals surface area contributed by atoms with Crippen LogP contribution in [0.4, 0.5) is 11.4 Å². The van der Waals surface area contributed by atoms with Gasteiger partial charge in [0.15, 0.2) is 0 Å². The second-order valence-corrected chi connectivity index (χ2v) is 37.3. The van der Waals surface area contributed by atoms with Crippen molar-refractivity contribution in [1.82, 2.24) is 36.5 Å². The molecule has 3 aliphatic heterocycles. The predicted molar refractivity (Wildman–Crippen MR) is 414 cm³/mol. The van der Waals surface area contributed by atoms with Gasteiger partial charge in [0, 0.05) is 130 Å². The largest absolute Gasteiger partial charge is 0.417 e. The Morgan fingerprint density at radius 1 is 0.545 bits per heavy atom. The number of sulfonamides is 2. The van der Waals surface area contributed by atoms with Crippen molar-refractivity contribution in [2.45, 2.75) is 149 Å². The van der Waals surface area contributed by atoms with E-state index >= 15 is 0 Å². The molecule has 9 rings (SSSR count). The van der Waals surface area contributed by atoms with Gasteiger partial charge >= 0.3 is 5.91 Å². The highest BCUT2D eigenvalue weighted by molar-refractivity contribution is 8.23. The third-order valence-corrected chi connectivity index (χ3v) is 27.7. The van der Waals surface area contributed by atoms with Gasteiger partial charge < -0.3 is 29.4 Å². The summed E-state index contributed by atoms with van der Waals surface area (Å²) in [6.07, 6.45) is 17.2. The Morgan fingerprint density at radius 3 is 1.45 bits per heavy atom. The number of rotatable bonds is 28.